The molecule has 0 amide bonds. The summed E-state index contributed by atoms with van der Waals surface area (Å²) in [6.07, 6.45) is 3.77. The molecule has 0 spiro atoms. The number of nitrogens with two attached hydrogens (primary N) is 1. The highest BCUT2D eigenvalue weighted by Gasteiger charge is 2.16. The Bertz CT molecular complexity index is 711. The van der Waals surface area contributed by atoms with Crippen LogP contribution in [0.3, 0.4) is 0 Å². The van der Waals surface area contributed by atoms with Crippen LogP contribution in [0.15, 0.2) is 33.8 Å². The minimum atomic E-state index is -0.286. The van der Waals surface area contributed by atoms with Gasteiger partial charge in [-0.2, -0.15) is 4.98 Å². The van der Waals surface area contributed by atoms with Crippen molar-refractivity contribution in [1.29, 1.82) is 0 Å². The van der Waals surface area contributed by atoms with Gasteiger partial charge in [0, 0.05) is 31.6 Å². The second-order valence-corrected chi connectivity index (χ2v) is 6.53. The maximum Gasteiger partial charge on any atom is 0.227 e. The molecule has 2 aromatic rings. The third kappa shape index (κ3) is 5.65. The number of aromatic nitrogens is 2. The molecule has 6 nitrogen and oxygen atoms in total. The van der Waals surface area contributed by atoms with Gasteiger partial charge in [-0.1, -0.05) is 12.1 Å². The molecule has 1 aliphatic heterocycles. The van der Waals surface area contributed by atoms with E-state index in [9.17, 15) is 4.39 Å². The van der Waals surface area contributed by atoms with Crippen LogP contribution >= 0.6 is 24.0 Å². The lowest BCUT2D eigenvalue weighted by Gasteiger charge is -2.31. The lowest BCUT2D eigenvalue weighted by atomic mass is 10.00. The van der Waals surface area contributed by atoms with Crippen LogP contribution in [-0.2, 0) is 6.42 Å². The fraction of sp³-hybridized carbons (Fsp3) is 0.500. The predicted octanol–water partition coefficient (Wildman–Crippen LogP) is 3.47. The molecule has 0 saturated carbocycles. The van der Waals surface area contributed by atoms with Crippen LogP contribution in [0.4, 0.5) is 4.39 Å². The first-order valence-corrected chi connectivity index (χ1v) is 8.75. The average molecular weight is 473 g/mol. The van der Waals surface area contributed by atoms with Gasteiger partial charge >= 0.3 is 0 Å². The molecule has 2 N–H and O–H groups in total. The summed E-state index contributed by atoms with van der Waals surface area (Å²) in [6, 6.07) is 6.03. The van der Waals surface area contributed by atoms with Crippen LogP contribution in [0.5, 0.6) is 0 Å². The van der Waals surface area contributed by atoms with E-state index in [0.29, 0.717) is 30.6 Å². The molecule has 0 radical (unpaired) electrons. The Labute approximate surface area is 170 Å². The van der Waals surface area contributed by atoms with E-state index in [2.05, 4.69) is 27.0 Å². The molecule has 142 valence electrons. The van der Waals surface area contributed by atoms with Crippen molar-refractivity contribution in [2.45, 2.75) is 32.6 Å². The van der Waals surface area contributed by atoms with Gasteiger partial charge in [-0.25, -0.2) is 4.39 Å². The number of nitrogens with zero attached hydrogens (tertiary/aromatic N) is 4. The van der Waals surface area contributed by atoms with E-state index in [1.807, 2.05) is 0 Å². The molecule has 1 saturated heterocycles. The van der Waals surface area contributed by atoms with Crippen LogP contribution in [0.25, 0.3) is 11.4 Å². The van der Waals surface area contributed by atoms with E-state index >= 15 is 0 Å². The molecule has 1 aromatic carbocycles. The van der Waals surface area contributed by atoms with Crippen molar-refractivity contribution >= 4 is 29.9 Å². The molecule has 1 aromatic heterocycles. The molecule has 26 heavy (non-hydrogen) atoms. The van der Waals surface area contributed by atoms with Crippen molar-refractivity contribution in [1.82, 2.24) is 15.0 Å². The van der Waals surface area contributed by atoms with Crippen molar-refractivity contribution in [3.8, 4) is 11.4 Å². The molecule has 2 heterocycles. The first kappa shape index (κ1) is 20.6. The summed E-state index contributed by atoms with van der Waals surface area (Å²) in [5.41, 5.74) is 6.79. The number of piperidine rings is 1. The highest BCUT2D eigenvalue weighted by atomic mass is 127. The van der Waals surface area contributed by atoms with Gasteiger partial charge in [-0.05, 0) is 49.4 Å². The Hall–Kier alpha value is -1.71. The summed E-state index contributed by atoms with van der Waals surface area (Å²) in [5, 5.41) is 3.93. The van der Waals surface area contributed by atoms with Crippen LogP contribution in [0.1, 0.15) is 32.1 Å². The first-order chi connectivity index (χ1) is 12.1. The van der Waals surface area contributed by atoms with Gasteiger partial charge in [0.05, 0.1) is 0 Å². The Morgan fingerprint density at radius 3 is 2.69 bits per heavy atom. The third-order valence-electron chi connectivity index (χ3n) is 4.50. The van der Waals surface area contributed by atoms with Gasteiger partial charge in [-0.3, -0.25) is 4.99 Å². The summed E-state index contributed by atoms with van der Waals surface area (Å²) < 4.78 is 18.2. The number of likely N-dealkylation sites (tertiary alicyclic amines) is 1. The topological polar surface area (TPSA) is 80.5 Å². The van der Waals surface area contributed by atoms with Gasteiger partial charge < -0.3 is 15.2 Å². The van der Waals surface area contributed by atoms with E-state index in [4.69, 9.17) is 10.3 Å². The van der Waals surface area contributed by atoms with E-state index in [0.717, 1.165) is 31.0 Å². The molecule has 0 unspecified atom stereocenters. The van der Waals surface area contributed by atoms with E-state index < -0.39 is 0 Å². The molecule has 0 atom stereocenters. The van der Waals surface area contributed by atoms with E-state index in [-0.39, 0.29) is 29.8 Å². The molecular formula is C18H25FIN5O. The zero-order valence-electron chi connectivity index (χ0n) is 14.9. The number of hydrogen-bond donors (Lipinski definition) is 1. The van der Waals surface area contributed by atoms with Crippen molar-refractivity contribution in [2.75, 3.05) is 19.6 Å². The molecule has 8 heteroatoms. The SMILES string of the molecule is CC1CCN(C(N)=NCCCc2nc(-c3ccc(F)cc3)no2)CC1.I. The highest BCUT2D eigenvalue weighted by molar-refractivity contribution is 14.0. The van der Waals surface area contributed by atoms with Crippen molar-refractivity contribution < 1.29 is 8.91 Å². The first-order valence-electron chi connectivity index (χ1n) is 8.75. The second kappa shape index (κ2) is 9.84. The number of hydrogen-bond acceptors (Lipinski definition) is 4. The minimum Gasteiger partial charge on any atom is -0.370 e. The summed E-state index contributed by atoms with van der Waals surface area (Å²) >= 11 is 0. The molecule has 1 aliphatic rings. The van der Waals surface area contributed by atoms with Crippen LogP contribution in [0, 0.1) is 11.7 Å². The lowest BCUT2D eigenvalue weighted by molar-refractivity contribution is 0.277. The third-order valence-corrected chi connectivity index (χ3v) is 4.50. The number of rotatable bonds is 5. The monoisotopic (exact) mass is 473 g/mol. The summed E-state index contributed by atoms with van der Waals surface area (Å²) in [5.74, 6) is 2.15. The van der Waals surface area contributed by atoms with Gasteiger partial charge in [0.25, 0.3) is 0 Å². The molecule has 0 aliphatic carbocycles. The maximum atomic E-state index is 12.9. The number of aliphatic imine (C=N–C) groups is 1. The fourth-order valence-corrected chi connectivity index (χ4v) is 2.83. The Balaban J connectivity index is 0.00000243. The molecular weight excluding hydrogens is 448 g/mol. The van der Waals surface area contributed by atoms with E-state index in [1.165, 1.54) is 25.0 Å². The molecule has 0 bridgehead atoms. The molecule has 3 rings (SSSR count). The molecule has 1 fully saturated rings. The normalized spacial score (nSPS) is 15.8. The van der Waals surface area contributed by atoms with Crippen molar-refractivity contribution in [2.24, 2.45) is 16.6 Å². The van der Waals surface area contributed by atoms with E-state index in [1.54, 1.807) is 12.1 Å². The zero-order valence-corrected chi connectivity index (χ0v) is 17.2. The van der Waals surface area contributed by atoms with Crippen LogP contribution in [0.2, 0.25) is 0 Å². The maximum absolute atomic E-state index is 12.9. The smallest absolute Gasteiger partial charge is 0.227 e. The van der Waals surface area contributed by atoms with Crippen LogP contribution in [-0.4, -0.2) is 40.6 Å². The Kier molecular flexibility index (Phi) is 7.80. The van der Waals surface area contributed by atoms with Crippen molar-refractivity contribution in [3.05, 3.63) is 36.0 Å². The summed E-state index contributed by atoms with van der Waals surface area (Å²) in [4.78, 5) is 10.9. The number of benzene rings is 1. The number of guanidine groups is 1. The second-order valence-electron chi connectivity index (χ2n) is 6.53. The predicted molar refractivity (Wildman–Crippen MR) is 110 cm³/mol. The minimum absolute atomic E-state index is 0. The summed E-state index contributed by atoms with van der Waals surface area (Å²) in [6.45, 7) is 4.88. The summed E-state index contributed by atoms with van der Waals surface area (Å²) in [7, 11) is 0. The van der Waals surface area contributed by atoms with Crippen LogP contribution < -0.4 is 5.73 Å². The number of aryl methyl sites for hydroxylation is 1. The number of halogens is 2. The van der Waals surface area contributed by atoms with Crippen molar-refractivity contribution in [3.63, 3.8) is 0 Å². The quantitative estimate of drug-likeness (QED) is 0.311. The lowest BCUT2D eigenvalue weighted by Crippen LogP contribution is -2.42. The standard InChI is InChI=1S/C18H24FN5O.HI/c1-13-8-11-24(12-9-13)18(20)21-10-2-3-16-22-17(23-25-16)14-4-6-15(19)7-5-14;/h4-7,13H,2-3,8-12H2,1H3,(H2,20,21);1H. The Morgan fingerprint density at radius 2 is 2.00 bits per heavy atom. The fourth-order valence-electron chi connectivity index (χ4n) is 2.83. The van der Waals surface area contributed by atoms with Gasteiger partial charge in [-0.15, -0.1) is 24.0 Å². The zero-order chi connectivity index (χ0) is 17.6. The average Bonchev–Trinajstić information content (AvgIpc) is 3.09. The van der Waals surface area contributed by atoms with Gasteiger partial charge in [0.2, 0.25) is 11.7 Å². The highest BCUT2D eigenvalue weighted by Crippen LogP contribution is 2.17. The van der Waals surface area contributed by atoms with Gasteiger partial charge in [0.1, 0.15) is 5.82 Å². The Morgan fingerprint density at radius 1 is 1.31 bits per heavy atom. The van der Waals surface area contributed by atoms with Gasteiger partial charge in [0.15, 0.2) is 5.96 Å². The largest absolute Gasteiger partial charge is 0.370 e.